The molecule has 1 aliphatic carbocycles. The number of carbonyl (C=O) groups excluding carboxylic acids is 2. The van der Waals surface area contributed by atoms with Crippen LogP contribution in [0.5, 0.6) is 5.75 Å². The van der Waals surface area contributed by atoms with E-state index in [9.17, 15) is 14.7 Å². The summed E-state index contributed by atoms with van der Waals surface area (Å²) < 4.78 is 5.33. The number of fused-ring (bicyclic) bond motifs is 1. The number of aliphatic hydroxyl groups excluding tert-OH is 1. The number of piperazine rings is 1. The highest BCUT2D eigenvalue weighted by atomic mass is 16.5. The Morgan fingerprint density at radius 3 is 2.53 bits per heavy atom. The summed E-state index contributed by atoms with van der Waals surface area (Å²) in [4.78, 5) is 29.4. The minimum absolute atomic E-state index is 0.0301. The van der Waals surface area contributed by atoms with E-state index in [1.54, 1.807) is 16.9 Å². The summed E-state index contributed by atoms with van der Waals surface area (Å²) in [5, 5.41) is 10.0. The van der Waals surface area contributed by atoms with Crippen LogP contribution in [0.25, 0.3) is 11.1 Å². The average molecular weight is 435 g/mol. The molecule has 0 aromatic heterocycles. The molecular formula is C26H30N2O4. The van der Waals surface area contributed by atoms with Crippen molar-refractivity contribution in [3.63, 3.8) is 0 Å². The summed E-state index contributed by atoms with van der Waals surface area (Å²) in [6.07, 6.45) is 4.07. The highest BCUT2D eigenvalue weighted by Gasteiger charge is 2.54. The Balaban J connectivity index is 1.36. The maximum Gasteiger partial charge on any atom is 0.242 e. The molecule has 168 valence electrons. The van der Waals surface area contributed by atoms with Crippen LogP contribution in [0.3, 0.4) is 0 Å². The highest BCUT2D eigenvalue weighted by molar-refractivity contribution is 5.88. The number of amides is 2. The fourth-order valence-electron chi connectivity index (χ4n) is 5.80. The van der Waals surface area contributed by atoms with Crippen molar-refractivity contribution in [2.45, 2.75) is 43.7 Å². The van der Waals surface area contributed by atoms with E-state index in [-0.39, 0.29) is 48.9 Å². The molecule has 1 N–H and O–H groups in total. The second kappa shape index (κ2) is 8.58. The number of nitrogens with zero attached hydrogens (tertiary/aromatic N) is 2. The van der Waals surface area contributed by atoms with E-state index in [0.29, 0.717) is 6.54 Å². The van der Waals surface area contributed by atoms with Gasteiger partial charge in [0.05, 0.1) is 32.3 Å². The van der Waals surface area contributed by atoms with Gasteiger partial charge in [0.25, 0.3) is 0 Å². The zero-order valence-corrected chi connectivity index (χ0v) is 18.4. The molecule has 2 aromatic carbocycles. The highest BCUT2D eigenvalue weighted by Crippen LogP contribution is 2.43. The van der Waals surface area contributed by atoms with Gasteiger partial charge in [0, 0.05) is 18.4 Å². The van der Waals surface area contributed by atoms with E-state index in [2.05, 4.69) is 24.3 Å². The number of ether oxygens (including phenoxy) is 1. The second-order valence-corrected chi connectivity index (χ2v) is 9.20. The van der Waals surface area contributed by atoms with Crippen molar-refractivity contribution < 1.29 is 19.4 Å². The standard InChI is InChI=1S/C26H30N2O4/c1-32-21-8-4-7-20(13-21)17-9-11-18(12-10-17)25-22-14-27(26(31)19-5-2-3-6-19)15-24(30)28(22)23(25)16-29/h4,7-13,19,22-23,25,29H,2-3,5-6,14-16H2,1H3/t22-,23+,25+/m0/s1. The Morgan fingerprint density at radius 2 is 1.84 bits per heavy atom. The first-order valence-electron chi connectivity index (χ1n) is 11.6. The number of carbonyl (C=O) groups is 2. The van der Waals surface area contributed by atoms with Crippen LogP contribution in [0, 0.1) is 5.92 Å². The van der Waals surface area contributed by atoms with Crippen molar-refractivity contribution >= 4 is 11.8 Å². The smallest absolute Gasteiger partial charge is 0.242 e. The third kappa shape index (κ3) is 3.56. The molecule has 2 aliphatic heterocycles. The van der Waals surface area contributed by atoms with Crippen LogP contribution in [0.15, 0.2) is 48.5 Å². The van der Waals surface area contributed by atoms with Crippen molar-refractivity contribution in [1.29, 1.82) is 0 Å². The van der Waals surface area contributed by atoms with E-state index in [1.807, 2.05) is 24.3 Å². The zero-order chi connectivity index (χ0) is 22.2. The van der Waals surface area contributed by atoms with Crippen LogP contribution in [0.1, 0.15) is 37.2 Å². The van der Waals surface area contributed by atoms with Gasteiger partial charge in [-0.1, -0.05) is 49.2 Å². The molecular weight excluding hydrogens is 404 g/mol. The minimum atomic E-state index is -0.223. The van der Waals surface area contributed by atoms with Gasteiger partial charge in [-0.3, -0.25) is 9.59 Å². The summed E-state index contributed by atoms with van der Waals surface area (Å²) in [6, 6.07) is 16.0. The van der Waals surface area contributed by atoms with Crippen LogP contribution in [0.2, 0.25) is 0 Å². The quantitative estimate of drug-likeness (QED) is 0.785. The average Bonchev–Trinajstić information content (AvgIpc) is 3.35. The van der Waals surface area contributed by atoms with Crippen molar-refractivity contribution in [3.8, 4) is 16.9 Å². The van der Waals surface area contributed by atoms with Gasteiger partial charge in [0.1, 0.15) is 5.75 Å². The second-order valence-electron chi connectivity index (χ2n) is 9.20. The largest absolute Gasteiger partial charge is 0.497 e. The molecule has 3 aliphatic rings. The van der Waals surface area contributed by atoms with Crippen molar-refractivity contribution in [1.82, 2.24) is 9.80 Å². The molecule has 6 heteroatoms. The van der Waals surface area contributed by atoms with E-state index < -0.39 is 0 Å². The first kappa shape index (κ1) is 21.0. The third-order valence-corrected chi connectivity index (χ3v) is 7.47. The van der Waals surface area contributed by atoms with Gasteiger partial charge < -0.3 is 19.6 Å². The van der Waals surface area contributed by atoms with Gasteiger partial charge in [-0.15, -0.1) is 0 Å². The molecule has 0 unspecified atom stereocenters. The molecule has 6 nitrogen and oxygen atoms in total. The number of hydrogen-bond donors (Lipinski definition) is 1. The monoisotopic (exact) mass is 434 g/mol. The van der Waals surface area contributed by atoms with Gasteiger partial charge >= 0.3 is 0 Å². The molecule has 0 radical (unpaired) electrons. The van der Waals surface area contributed by atoms with E-state index in [0.717, 1.165) is 48.1 Å². The lowest BCUT2D eigenvalue weighted by Crippen LogP contribution is -2.73. The topological polar surface area (TPSA) is 70.1 Å². The van der Waals surface area contributed by atoms with E-state index >= 15 is 0 Å². The molecule has 32 heavy (non-hydrogen) atoms. The van der Waals surface area contributed by atoms with Crippen LogP contribution in [-0.4, -0.2) is 65.6 Å². The lowest BCUT2D eigenvalue weighted by molar-refractivity contribution is -0.168. The molecule has 3 atom stereocenters. The summed E-state index contributed by atoms with van der Waals surface area (Å²) in [6.45, 7) is 0.630. The summed E-state index contributed by atoms with van der Waals surface area (Å²) >= 11 is 0. The molecule has 2 heterocycles. The molecule has 5 rings (SSSR count). The number of benzene rings is 2. The Morgan fingerprint density at radius 1 is 1.09 bits per heavy atom. The SMILES string of the molecule is COc1cccc(-c2ccc([C@H]3[C@@H](CO)N4C(=O)CN(C(=O)C5CCCC5)C[C@@H]34)cc2)c1. The number of aliphatic hydroxyl groups is 1. The number of rotatable bonds is 5. The van der Waals surface area contributed by atoms with Crippen LogP contribution < -0.4 is 4.74 Å². The third-order valence-electron chi connectivity index (χ3n) is 7.47. The molecule has 2 saturated heterocycles. The van der Waals surface area contributed by atoms with Crippen LogP contribution >= 0.6 is 0 Å². The zero-order valence-electron chi connectivity index (χ0n) is 18.4. The Bertz CT molecular complexity index is 999. The van der Waals surface area contributed by atoms with Crippen molar-refractivity contribution in [3.05, 3.63) is 54.1 Å². The van der Waals surface area contributed by atoms with Gasteiger partial charge in [-0.05, 0) is 41.7 Å². The Kier molecular flexibility index (Phi) is 5.64. The van der Waals surface area contributed by atoms with Crippen molar-refractivity contribution in [2.24, 2.45) is 5.92 Å². The summed E-state index contributed by atoms with van der Waals surface area (Å²) in [5.74, 6) is 1.01. The van der Waals surface area contributed by atoms with Gasteiger partial charge in [-0.2, -0.15) is 0 Å². The summed E-state index contributed by atoms with van der Waals surface area (Å²) in [5.41, 5.74) is 3.26. The minimum Gasteiger partial charge on any atom is -0.497 e. The van der Waals surface area contributed by atoms with Crippen LogP contribution in [-0.2, 0) is 9.59 Å². The number of methoxy groups -OCH3 is 1. The predicted octanol–water partition coefficient (Wildman–Crippen LogP) is 3.05. The van der Waals surface area contributed by atoms with Crippen LogP contribution in [0.4, 0.5) is 0 Å². The van der Waals surface area contributed by atoms with Crippen molar-refractivity contribution in [2.75, 3.05) is 26.8 Å². The fraction of sp³-hybridized carbons (Fsp3) is 0.462. The normalized spacial score (nSPS) is 25.4. The first-order chi connectivity index (χ1) is 15.6. The van der Waals surface area contributed by atoms with E-state index in [4.69, 9.17) is 4.74 Å². The summed E-state index contributed by atoms with van der Waals surface area (Å²) in [7, 11) is 1.66. The lowest BCUT2D eigenvalue weighted by Gasteiger charge is -2.59. The Hall–Kier alpha value is -2.86. The maximum atomic E-state index is 13.0. The van der Waals surface area contributed by atoms with Gasteiger partial charge in [-0.25, -0.2) is 0 Å². The Labute approximate surface area is 188 Å². The molecule has 1 saturated carbocycles. The van der Waals surface area contributed by atoms with E-state index in [1.165, 1.54) is 0 Å². The molecule has 3 fully saturated rings. The molecule has 0 bridgehead atoms. The lowest BCUT2D eigenvalue weighted by atomic mass is 9.73. The fourth-order valence-corrected chi connectivity index (χ4v) is 5.80. The molecule has 0 spiro atoms. The first-order valence-corrected chi connectivity index (χ1v) is 11.6. The molecule has 2 aromatic rings. The van der Waals surface area contributed by atoms with Gasteiger partial charge in [0.2, 0.25) is 11.8 Å². The number of hydrogen-bond acceptors (Lipinski definition) is 4. The predicted molar refractivity (Wildman–Crippen MR) is 121 cm³/mol. The van der Waals surface area contributed by atoms with Gasteiger partial charge in [0.15, 0.2) is 0 Å². The molecule has 2 amide bonds. The maximum absolute atomic E-state index is 13.0.